The molecule has 0 aromatic heterocycles. The van der Waals surface area contributed by atoms with Gasteiger partial charge in [0, 0.05) is 10.0 Å². The number of halogens is 1. The van der Waals surface area contributed by atoms with Gasteiger partial charge >= 0.3 is 0 Å². The first-order chi connectivity index (χ1) is 6.11. The summed E-state index contributed by atoms with van der Waals surface area (Å²) in [6, 6.07) is 6.14. The zero-order valence-corrected chi connectivity index (χ0v) is 9.26. The van der Waals surface area contributed by atoms with Gasteiger partial charge in [-0.3, -0.25) is 0 Å². The van der Waals surface area contributed by atoms with Crippen LogP contribution in [0.4, 0.5) is 0 Å². The van der Waals surface area contributed by atoms with Crippen LogP contribution in [0.2, 0.25) is 0 Å². The van der Waals surface area contributed by atoms with E-state index in [4.69, 9.17) is 0 Å². The second-order valence-corrected chi connectivity index (χ2v) is 4.76. The van der Waals surface area contributed by atoms with E-state index in [1.54, 1.807) is 0 Å². The minimum Gasteiger partial charge on any atom is -0.385 e. The highest BCUT2D eigenvalue weighted by Crippen LogP contribution is 2.39. The molecule has 0 aliphatic heterocycles. The van der Waals surface area contributed by atoms with Gasteiger partial charge in [-0.15, -0.1) is 0 Å². The van der Waals surface area contributed by atoms with E-state index < -0.39 is 5.60 Å². The highest BCUT2D eigenvalue weighted by atomic mass is 79.9. The van der Waals surface area contributed by atoms with E-state index in [-0.39, 0.29) is 0 Å². The number of fused-ring (bicyclic) bond motifs is 1. The fourth-order valence-corrected chi connectivity index (χ4v) is 2.96. The molecule has 0 amide bonds. The van der Waals surface area contributed by atoms with Crippen LogP contribution >= 0.6 is 15.9 Å². The summed E-state index contributed by atoms with van der Waals surface area (Å²) < 4.78 is 1.04. The Balaban J connectivity index is 2.61. The third kappa shape index (κ3) is 1.53. The lowest BCUT2D eigenvalue weighted by Gasteiger charge is -2.31. The van der Waals surface area contributed by atoms with Crippen molar-refractivity contribution in [2.24, 2.45) is 0 Å². The van der Waals surface area contributed by atoms with Gasteiger partial charge in [0.1, 0.15) is 0 Å². The molecule has 1 unspecified atom stereocenters. The second-order valence-electron chi connectivity index (χ2n) is 3.90. The lowest BCUT2D eigenvalue weighted by molar-refractivity contribution is 0.0379. The van der Waals surface area contributed by atoms with Crippen molar-refractivity contribution in [3.05, 3.63) is 33.8 Å². The molecule has 1 aromatic rings. The van der Waals surface area contributed by atoms with Crippen molar-refractivity contribution in [3.8, 4) is 0 Å². The summed E-state index contributed by atoms with van der Waals surface area (Å²) in [6.45, 7) is 1.90. The minimum atomic E-state index is -0.645. The first-order valence-corrected chi connectivity index (χ1v) is 5.41. The zero-order valence-electron chi connectivity index (χ0n) is 7.68. The average Bonchev–Trinajstić information content (AvgIpc) is 2.02. The normalized spacial score (nSPS) is 27.0. The van der Waals surface area contributed by atoms with Crippen LogP contribution in [-0.2, 0) is 12.0 Å². The molecule has 0 spiro atoms. The molecule has 1 aliphatic carbocycles. The average molecular weight is 241 g/mol. The quantitative estimate of drug-likeness (QED) is 0.740. The van der Waals surface area contributed by atoms with Crippen molar-refractivity contribution in [2.45, 2.75) is 31.8 Å². The molecule has 0 saturated carbocycles. The van der Waals surface area contributed by atoms with Crippen molar-refractivity contribution >= 4 is 15.9 Å². The molecule has 1 aromatic carbocycles. The van der Waals surface area contributed by atoms with E-state index in [0.29, 0.717) is 0 Å². The first-order valence-electron chi connectivity index (χ1n) is 4.61. The first kappa shape index (κ1) is 9.22. The maximum atomic E-state index is 10.2. The highest BCUT2D eigenvalue weighted by Gasteiger charge is 2.30. The Labute approximate surface area is 86.9 Å². The van der Waals surface area contributed by atoms with Gasteiger partial charge in [0.2, 0.25) is 0 Å². The topological polar surface area (TPSA) is 20.2 Å². The third-order valence-corrected chi connectivity index (χ3v) is 3.41. The molecule has 13 heavy (non-hydrogen) atoms. The summed E-state index contributed by atoms with van der Waals surface area (Å²) in [5.74, 6) is 0. The van der Waals surface area contributed by atoms with Gasteiger partial charge in [-0.2, -0.15) is 0 Å². The Morgan fingerprint density at radius 3 is 2.92 bits per heavy atom. The van der Waals surface area contributed by atoms with Crippen LogP contribution in [0.25, 0.3) is 0 Å². The van der Waals surface area contributed by atoms with Crippen molar-refractivity contribution in [1.29, 1.82) is 0 Å². The van der Waals surface area contributed by atoms with Crippen molar-refractivity contribution in [1.82, 2.24) is 0 Å². The van der Waals surface area contributed by atoms with E-state index in [1.807, 2.05) is 19.1 Å². The molecular formula is C11H13BrO. The Morgan fingerprint density at radius 2 is 2.23 bits per heavy atom. The molecule has 0 bridgehead atoms. The molecule has 1 N–H and O–H groups in total. The van der Waals surface area contributed by atoms with Gasteiger partial charge < -0.3 is 5.11 Å². The van der Waals surface area contributed by atoms with Gasteiger partial charge in [0.25, 0.3) is 0 Å². The molecule has 2 heteroatoms. The lowest BCUT2D eigenvalue weighted by Crippen LogP contribution is -2.27. The molecule has 1 aliphatic rings. The smallest absolute Gasteiger partial charge is 0.0882 e. The molecule has 0 saturated heterocycles. The van der Waals surface area contributed by atoms with E-state index in [2.05, 4.69) is 22.0 Å². The van der Waals surface area contributed by atoms with Crippen LogP contribution in [0.1, 0.15) is 30.9 Å². The van der Waals surface area contributed by atoms with Crippen LogP contribution in [-0.4, -0.2) is 5.11 Å². The third-order valence-electron chi connectivity index (χ3n) is 2.75. The molecule has 2 rings (SSSR count). The van der Waals surface area contributed by atoms with E-state index in [0.717, 1.165) is 29.3 Å². The minimum absolute atomic E-state index is 0.645. The zero-order chi connectivity index (χ0) is 9.47. The van der Waals surface area contributed by atoms with Crippen LogP contribution in [0, 0.1) is 0 Å². The number of hydrogen-bond donors (Lipinski definition) is 1. The Kier molecular flexibility index (Phi) is 2.20. The largest absolute Gasteiger partial charge is 0.385 e. The van der Waals surface area contributed by atoms with Gasteiger partial charge in [-0.05, 0) is 37.8 Å². The summed E-state index contributed by atoms with van der Waals surface area (Å²) >= 11 is 3.50. The van der Waals surface area contributed by atoms with Gasteiger partial charge in [0.05, 0.1) is 5.60 Å². The maximum Gasteiger partial charge on any atom is 0.0882 e. The van der Waals surface area contributed by atoms with Gasteiger partial charge in [-0.1, -0.05) is 28.1 Å². The maximum absolute atomic E-state index is 10.2. The molecule has 1 atom stereocenters. The van der Waals surface area contributed by atoms with Crippen LogP contribution < -0.4 is 0 Å². The lowest BCUT2D eigenvalue weighted by atomic mass is 9.80. The van der Waals surface area contributed by atoms with E-state index >= 15 is 0 Å². The Morgan fingerprint density at radius 1 is 1.46 bits per heavy atom. The van der Waals surface area contributed by atoms with Crippen molar-refractivity contribution < 1.29 is 5.11 Å². The molecule has 0 fully saturated rings. The number of aryl methyl sites for hydroxylation is 1. The van der Waals surface area contributed by atoms with Crippen molar-refractivity contribution in [2.75, 3.05) is 0 Å². The fourth-order valence-electron chi connectivity index (χ4n) is 2.13. The van der Waals surface area contributed by atoms with Crippen LogP contribution in [0.5, 0.6) is 0 Å². The molecule has 1 nitrogen and oxygen atoms in total. The van der Waals surface area contributed by atoms with Crippen molar-refractivity contribution in [3.63, 3.8) is 0 Å². The molecule has 70 valence electrons. The predicted octanol–water partition coefficient (Wildman–Crippen LogP) is 2.99. The molecule has 0 radical (unpaired) electrons. The van der Waals surface area contributed by atoms with E-state index in [9.17, 15) is 5.11 Å². The summed E-state index contributed by atoms with van der Waals surface area (Å²) in [4.78, 5) is 0. The summed E-state index contributed by atoms with van der Waals surface area (Å²) in [7, 11) is 0. The summed E-state index contributed by atoms with van der Waals surface area (Å²) in [5.41, 5.74) is 1.72. The number of aliphatic hydroxyl groups is 1. The van der Waals surface area contributed by atoms with E-state index in [1.165, 1.54) is 5.56 Å². The molecule has 0 heterocycles. The highest BCUT2D eigenvalue weighted by molar-refractivity contribution is 9.10. The van der Waals surface area contributed by atoms with Gasteiger partial charge in [-0.25, -0.2) is 0 Å². The molecular weight excluding hydrogens is 228 g/mol. The van der Waals surface area contributed by atoms with Gasteiger partial charge in [0.15, 0.2) is 0 Å². The SMILES string of the molecule is CC1(O)CCCc2cccc(Br)c21. The fraction of sp³-hybridized carbons (Fsp3) is 0.455. The summed E-state index contributed by atoms with van der Waals surface area (Å²) in [6.07, 6.45) is 3.03. The predicted molar refractivity (Wildman–Crippen MR) is 56.7 cm³/mol. The standard InChI is InChI=1S/C11H13BrO/c1-11(13)7-3-5-8-4-2-6-9(12)10(8)11/h2,4,6,13H,3,5,7H2,1H3. The second kappa shape index (κ2) is 3.10. The van der Waals surface area contributed by atoms with Crippen LogP contribution in [0.3, 0.4) is 0 Å². The van der Waals surface area contributed by atoms with Crippen LogP contribution in [0.15, 0.2) is 22.7 Å². The summed E-state index contributed by atoms with van der Waals surface area (Å²) in [5, 5.41) is 10.2. The monoisotopic (exact) mass is 240 g/mol. The Hall–Kier alpha value is -0.340. The number of rotatable bonds is 0. The number of benzene rings is 1. The Bertz CT molecular complexity index is 331. The number of hydrogen-bond acceptors (Lipinski definition) is 1.